The number of piperidine rings is 1. The minimum absolute atomic E-state index is 0.104. The van der Waals surface area contributed by atoms with Crippen LogP contribution in [0.1, 0.15) is 45.5 Å². The first-order chi connectivity index (χ1) is 25.5. The van der Waals surface area contributed by atoms with Gasteiger partial charge in [0.25, 0.3) is 11.8 Å². The third kappa shape index (κ3) is 7.81. The number of hydroxylamine groups is 1. The van der Waals surface area contributed by atoms with E-state index in [4.69, 9.17) is 0 Å². The Bertz CT molecular complexity index is 2110. The van der Waals surface area contributed by atoms with Gasteiger partial charge in [0.2, 0.25) is 0 Å². The number of nitriles is 1. The van der Waals surface area contributed by atoms with Crippen LogP contribution in [-0.2, 0) is 22.2 Å². The number of benzene rings is 4. The Labute approximate surface area is 305 Å². The Hall–Kier alpha value is -5.69. The van der Waals surface area contributed by atoms with Gasteiger partial charge in [-0.25, -0.2) is 4.84 Å². The Morgan fingerprint density at radius 2 is 1.56 bits per heavy atom. The number of alkyl halides is 6. The molecular formula is C39H32F6N4O5. The minimum atomic E-state index is -5.08. The van der Waals surface area contributed by atoms with Crippen molar-refractivity contribution < 1.29 is 51.0 Å². The molecule has 54 heavy (non-hydrogen) atoms. The molecule has 2 aliphatic rings. The molecule has 0 bridgehead atoms. The molecule has 6 rings (SSSR count). The molecule has 0 aromatic heterocycles. The third-order valence-corrected chi connectivity index (χ3v) is 9.57. The van der Waals surface area contributed by atoms with Crippen molar-refractivity contribution in [1.82, 2.24) is 10.4 Å². The summed E-state index contributed by atoms with van der Waals surface area (Å²) in [5, 5.41) is 33.7. The highest BCUT2D eigenvalue weighted by Crippen LogP contribution is 2.39. The summed E-state index contributed by atoms with van der Waals surface area (Å²) in [5.41, 5.74) is 0.124. The van der Waals surface area contributed by atoms with E-state index in [9.17, 15) is 51.4 Å². The molecule has 4 N–H and O–H groups in total. The van der Waals surface area contributed by atoms with E-state index in [0.29, 0.717) is 34.4 Å². The summed E-state index contributed by atoms with van der Waals surface area (Å²) in [6.07, 6.45) is -9.33. The van der Waals surface area contributed by atoms with Crippen molar-refractivity contribution in [2.75, 3.05) is 18.4 Å². The van der Waals surface area contributed by atoms with Crippen molar-refractivity contribution in [2.24, 2.45) is 5.92 Å². The van der Waals surface area contributed by atoms with E-state index < -0.39 is 46.7 Å². The Morgan fingerprint density at radius 1 is 0.889 bits per heavy atom. The number of aliphatic hydroxyl groups is 2. The number of hydrogen-bond donors (Lipinski definition) is 4. The second-order valence-electron chi connectivity index (χ2n) is 13.1. The first-order valence-corrected chi connectivity index (χ1v) is 16.7. The number of rotatable bonds is 8. The summed E-state index contributed by atoms with van der Waals surface area (Å²) in [7, 11) is 0. The minimum Gasteiger partial charge on any atom is -0.379 e. The second-order valence-corrected chi connectivity index (χ2v) is 13.1. The van der Waals surface area contributed by atoms with Crippen LogP contribution >= 0.6 is 0 Å². The van der Waals surface area contributed by atoms with Crippen LogP contribution in [0.5, 0.6) is 0 Å². The van der Waals surface area contributed by atoms with Crippen LogP contribution in [0.15, 0.2) is 103 Å². The van der Waals surface area contributed by atoms with Gasteiger partial charge < -0.3 is 20.4 Å². The van der Waals surface area contributed by atoms with Gasteiger partial charge in [-0.2, -0.15) is 31.6 Å². The van der Waals surface area contributed by atoms with Crippen molar-refractivity contribution in [3.8, 4) is 17.2 Å². The average molecular weight is 751 g/mol. The monoisotopic (exact) mass is 750 g/mol. The fraction of sp³-hybridized carbons (Fsp3) is 0.256. The molecule has 0 aliphatic carbocycles. The van der Waals surface area contributed by atoms with Crippen LogP contribution in [0.25, 0.3) is 16.8 Å². The highest BCUT2D eigenvalue weighted by molar-refractivity contribution is 5.98. The predicted molar refractivity (Wildman–Crippen MR) is 184 cm³/mol. The number of anilines is 1. The van der Waals surface area contributed by atoms with Gasteiger partial charge in [-0.05, 0) is 65.4 Å². The fourth-order valence-electron chi connectivity index (χ4n) is 6.61. The van der Waals surface area contributed by atoms with Gasteiger partial charge >= 0.3 is 18.1 Å². The summed E-state index contributed by atoms with van der Waals surface area (Å²) < 4.78 is 80.8. The predicted octanol–water partition coefficient (Wildman–Crippen LogP) is 6.84. The maximum atomic E-state index is 14.0. The lowest BCUT2D eigenvalue weighted by Crippen LogP contribution is -2.54. The molecule has 1 saturated heterocycles. The van der Waals surface area contributed by atoms with Crippen molar-refractivity contribution in [1.29, 1.82) is 5.26 Å². The Morgan fingerprint density at radius 3 is 2.17 bits per heavy atom. The molecule has 2 amide bonds. The van der Waals surface area contributed by atoms with Gasteiger partial charge in [0.1, 0.15) is 5.60 Å². The number of carbonyl (C=O) groups excluding carboxylic acids is 2. The van der Waals surface area contributed by atoms with E-state index in [1.165, 1.54) is 18.2 Å². The van der Waals surface area contributed by atoms with Crippen molar-refractivity contribution >= 4 is 23.2 Å². The first-order valence-electron chi connectivity index (χ1n) is 16.7. The van der Waals surface area contributed by atoms with E-state index in [1.807, 2.05) is 0 Å². The van der Waals surface area contributed by atoms with Gasteiger partial charge in [0, 0.05) is 42.8 Å². The van der Waals surface area contributed by atoms with Gasteiger partial charge in [-0.1, -0.05) is 66.7 Å². The molecule has 0 saturated carbocycles. The number of hydrogen-bond acceptors (Lipinski definition) is 7. The normalized spacial score (nSPS) is 18.9. The van der Waals surface area contributed by atoms with Gasteiger partial charge in [-0.15, -0.1) is 0 Å². The molecule has 2 aliphatic heterocycles. The van der Waals surface area contributed by atoms with Crippen molar-refractivity contribution in [3.05, 3.63) is 131 Å². The van der Waals surface area contributed by atoms with Crippen LogP contribution < -0.4 is 10.8 Å². The lowest BCUT2D eigenvalue weighted by Gasteiger charge is -2.40. The van der Waals surface area contributed by atoms with Crippen molar-refractivity contribution in [3.63, 3.8) is 0 Å². The topological polar surface area (TPSA) is 135 Å². The Balaban J connectivity index is 1.26. The molecule has 0 spiro atoms. The standard InChI is InChI=1S/C39H32F6N4O5/c40-38(41,42)32-20-31(14-13-29(32)23-46)47-35(51)36(52,30-15-17-49(18-16-30)34(50)27-6-2-1-3-7-27)21-24-5-4-8-28(19-24)25-9-11-26(12-10-25)33-22-37(53,54-48-33)39(43,44)45/h1-14,19-20,22,30,48,52-53H,15-18,21H2,(H,47,51). The van der Waals surface area contributed by atoms with Crippen molar-refractivity contribution in [2.45, 2.75) is 43.0 Å². The Kier molecular flexibility index (Phi) is 10.3. The van der Waals surface area contributed by atoms with E-state index in [-0.39, 0.29) is 55.2 Å². The maximum Gasteiger partial charge on any atom is 0.449 e. The molecular weight excluding hydrogens is 718 g/mol. The largest absolute Gasteiger partial charge is 0.449 e. The number of amides is 2. The lowest BCUT2D eigenvalue weighted by atomic mass is 9.75. The molecule has 9 nitrogen and oxygen atoms in total. The zero-order valence-corrected chi connectivity index (χ0v) is 28.2. The molecule has 280 valence electrons. The van der Waals surface area contributed by atoms with Gasteiger partial charge in [0.15, 0.2) is 0 Å². The van der Waals surface area contributed by atoms with E-state index in [2.05, 4.69) is 15.6 Å². The number of likely N-dealkylation sites (tertiary alicyclic amines) is 1. The number of halogens is 6. The molecule has 1 fully saturated rings. The highest BCUT2D eigenvalue weighted by Gasteiger charge is 2.57. The van der Waals surface area contributed by atoms with Gasteiger partial charge in [-0.3, -0.25) is 15.1 Å². The molecule has 2 atom stereocenters. The maximum absolute atomic E-state index is 14.0. The van der Waals surface area contributed by atoms with Crippen LogP contribution in [0.2, 0.25) is 0 Å². The van der Waals surface area contributed by atoms with E-state index >= 15 is 0 Å². The molecule has 4 aromatic carbocycles. The summed E-state index contributed by atoms with van der Waals surface area (Å²) in [4.78, 5) is 33.1. The highest BCUT2D eigenvalue weighted by atomic mass is 19.4. The van der Waals surface area contributed by atoms with Crippen LogP contribution in [-0.4, -0.2) is 57.6 Å². The molecule has 2 unspecified atom stereocenters. The molecule has 4 aromatic rings. The van der Waals surface area contributed by atoms with E-state index in [1.54, 1.807) is 71.6 Å². The third-order valence-electron chi connectivity index (χ3n) is 9.57. The zero-order valence-electron chi connectivity index (χ0n) is 28.2. The molecule has 2 heterocycles. The average Bonchev–Trinajstić information content (AvgIpc) is 3.58. The van der Waals surface area contributed by atoms with Crippen LogP contribution in [0.3, 0.4) is 0 Å². The number of nitrogens with zero attached hydrogens (tertiary/aromatic N) is 2. The zero-order chi connectivity index (χ0) is 38.9. The summed E-state index contributed by atoms with van der Waals surface area (Å²) in [5.74, 6) is -5.42. The van der Waals surface area contributed by atoms with Gasteiger partial charge in [0.05, 0.1) is 22.9 Å². The fourth-order valence-corrected chi connectivity index (χ4v) is 6.61. The second kappa shape index (κ2) is 14.6. The molecule has 0 radical (unpaired) electrons. The summed E-state index contributed by atoms with van der Waals surface area (Å²) in [6, 6.07) is 25.8. The summed E-state index contributed by atoms with van der Waals surface area (Å²) in [6.45, 7) is 0.401. The SMILES string of the molecule is N#Cc1ccc(NC(=O)C(O)(Cc2cccc(-c3ccc(C4=CC(O)(C(F)(F)F)ON4)cc3)c2)C2CCN(C(=O)c3ccccc3)CC2)cc1C(F)(F)F. The van der Waals surface area contributed by atoms with Crippen LogP contribution in [0, 0.1) is 17.2 Å². The quantitative estimate of drug-likeness (QED) is 0.145. The number of nitrogens with one attached hydrogen (secondary N) is 2. The number of carbonyl (C=O) groups is 2. The molecule has 15 heteroatoms. The van der Waals surface area contributed by atoms with Crippen LogP contribution in [0.4, 0.5) is 32.0 Å². The smallest absolute Gasteiger partial charge is 0.379 e. The summed E-state index contributed by atoms with van der Waals surface area (Å²) >= 11 is 0. The van der Waals surface area contributed by atoms with E-state index in [0.717, 1.165) is 12.1 Å². The lowest BCUT2D eigenvalue weighted by molar-refractivity contribution is -0.345. The first kappa shape index (κ1) is 38.0.